The molecule has 0 radical (unpaired) electrons. The topological polar surface area (TPSA) is 112 Å². The first kappa shape index (κ1) is 17.1. The Labute approximate surface area is 121 Å². The number of amides is 1. The number of carbonyl (C=O) groups excluding carboxylic acids is 2. The molecule has 8 heteroatoms. The molecule has 21 heavy (non-hydrogen) atoms. The molecule has 1 amide bonds. The van der Waals surface area contributed by atoms with Crippen LogP contribution >= 0.6 is 0 Å². The van der Waals surface area contributed by atoms with Crippen molar-refractivity contribution in [3.8, 4) is 0 Å². The summed E-state index contributed by atoms with van der Waals surface area (Å²) >= 11 is 0. The lowest BCUT2D eigenvalue weighted by molar-refractivity contribution is -0.991. The molecule has 0 bridgehead atoms. The van der Waals surface area contributed by atoms with E-state index >= 15 is 0 Å². The van der Waals surface area contributed by atoms with Gasteiger partial charge in [0.05, 0.1) is 7.11 Å². The molecule has 0 saturated heterocycles. The minimum absolute atomic E-state index is 0.0106. The summed E-state index contributed by atoms with van der Waals surface area (Å²) in [6, 6.07) is 4.96. The molecule has 3 N–H and O–H groups in total. The lowest BCUT2D eigenvalue weighted by atomic mass is 10.00. The molecule has 1 unspecified atom stereocenters. The van der Waals surface area contributed by atoms with Gasteiger partial charge in [-0.15, -0.1) is 0 Å². The molecule has 0 aliphatic carbocycles. The Morgan fingerprint density at radius 2 is 1.95 bits per heavy atom. The van der Waals surface area contributed by atoms with Crippen LogP contribution in [-0.4, -0.2) is 37.3 Å². The average Bonchev–Trinajstić information content (AvgIpc) is 2.46. The van der Waals surface area contributed by atoms with E-state index in [4.69, 9.17) is 4.74 Å². The molecule has 1 rings (SSSR count). The number of para-hydroxylation sites is 1. The average molecular weight is 298 g/mol. The summed E-state index contributed by atoms with van der Waals surface area (Å²) in [5.41, 5.74) is 0.264. The normalized spacial score (nSPS) is 14.9. The van der Waals surface area contributed by atoms with E-state index < -0.39 is 29.2 Å². The van der Waals surface area contributed by atoms with Crippen molar-refractivity contribution in [3.05, 3.63) is 35.0 Å². The number of quaternary nitrogens is 1. The zero-order valence-electron chi connectivity index (χ0n) is 12.0. The fourth-order valence-corrected chi connectivity index (χ4v) is 1.99. The number of esters is 1. The third-order valence-corrected chi connectivity index (χ3v) is 2.87. The molecule has 0 saturated carbocycles. The van der Waals surface area contributed by atoms with E-state index in [-0.39, 0.29) is 11.3 Å². The van der Waals surface area contributed by atoms with Crippen LogP contribution < -0.4 is 10.5 Å². The zero-order chi connectivity index (χ0) is 16.0. The largest absolute Gasteiger partial charge is 0.595 e. The number of hydrogen-bond donors (Lipinski definition) is 3. The molecular formula is C13H18N2O6. The Hall–Kier alpha value is -2.00. The third-order valence-electron chi connectivity index (χ3n) is 2.87. The van der Waals surface area contributed by atoms with Gasteiger partial charge in [-0.25, -0.2) is 10.0 Å². The summed E-state index contributed by atoms with van der Waals surface area (Å²) in [7, 11) is 2.49. The molecule has 116 valence electrons. The second-order valence-electron chi connectivity index (χ2n) is 4.25. The first-order valence-electron chi connectivity index (χ1n) is 6.12. The van der Waals surface area contributed by atoms with E-state index in [0.717, 1.165) is 0 Å². The lowest BCUT2D eigenvalue weighted by Gasteiger charge is -2.27. The summed E-state index contributed by atoms with van der Waals surface area (Å²) in [6.07, 6.45) is -0.978. The van der Waals surface area contributed by atoms with Crippen LogP contribution in [0.4, 0.5) is 5.69 Å². The van der Waals surface area contributed by atoms with Gasteiger partial charge in [-0.2, -0.15) is 5.23 Å². The van der Waals surface area contributed by atoms with Crippen LogP contribution in [0.5, 0.6) is 0 Å². The van der Waals surface area contributed by atoms with Gasteiger partial charge in [0.25, 0.3) is 0 Å². The molecule has 0 aliphatic heterocycles. The maximum Gasteiger partial charge on any atom is 0.331 e. The predicted molar refractivity (Wildman–Crippen MR) is 71.6 cm³/mol. The Balaban J connectivity index is 3.25. The number of ether oxygens (including phenoxy) is 2. The fraction of sp³-hybridized carbons (Fsp3) is 0.385. The molecule has 0 spiro atoms. The van der Waals surface area contributed by atoms with E-state index in [1.165, 1.54) is 33.3 Å². The highest BCUT2D eigenvalue weighted by Gasteiger charge is 2.34. The van der Waals surface area contributed by atoms with Crippen molar-refractivity contribution in [1.82, 2.24) is 5.32 Å². The highest BCUT2D eigenvalue weighted by Crippen LogP contribution is 2.26. The highest BCUT2D eigenvalue weighted by molar-refractivity contribution is 5.84. The molecule has 1 aromatic carbocycles. The number of nitrogens with one attached hydrogen (secondary N) is 2. The van der Waals surface area contributed by atoms with Crippen molar-refractivity contribution < 1.29 is 29.5 Å². The number of carbonyl (C=O) groups is 2. The smallest absolute Gasteiger partial charge is 0.331 e. The van der Waals surface area contributed by atoms with Crippen LogP contribution in [0.15, 0.2) is 24.3 Å². The van der Waals surface area contributed by atoms with Gasteiger partial charge in [-0.05, 0) is 0 Å². The minimum Gasteiger partial charge on any atom is -0.595 e. The first-order valence-corrected chi connectivity index (χ1v) is 6.12. The van der Waals surface area contributed by atoms with Crippen LogP contribution in [0, 0.1) is 5.21 Å². The van der Waals surface area contributed by atoms with Gasteiger partial charge in [0.15, 0.2) is 11.7 Å². The Morgan fingerprint density at radius 1 is 1.33 bits per heavy atom. The number of rotatable bonds is 6. The molecule has 1 aromatic rings. The van der Waals surface area contributed by atoms with Crippen molar-refractivity contribution >= 4 is 17.6 Å². The van der Waals surface area contributed by atoms with Gasteiger partial charge in [0.2, 0.25) is 5.91 Å². The zero-order valence-corrected chi connectivity index (χ0v) is 12.0. The van der Waals surface area contributed by atoms with Gasteiger partial charge in [-0.1, -0.05) is 18.2 Å². The number of benzene rings is 1. The number of methoxy groups -OCH3 is 2. The van der Waals surface area contributed by atoms with Gasteiger partial charge in [0, 0.05) is 25.7 Å². The van der Waals surface area contributed by atoms with Crippen molar-refractivity contribution in [2.45, 2.75) is 19.1 Å². The number of hydrogen-bond acceptors (Lipinski definition) is 6. The second kappa shape index (κ2) is 7.70. The Morgan fingerprint density at radius 3 is 2.43 bits per heavy atom. The maximum absolute atomic E-state index is 11.8. The van der Waals surface area contributed by atoms with Gasteiger partial charge in [0.1, 0.15) is 6.10 Å². The summed E-state index contributed by atoms with van der Waals surface area (Å²) in [5, 5.41) is 21.7. The van der Waals surface area contributed by atoms with E-state index in [1.807, 2.05) is 0 Å². The maximum atomic E-state index is 11.8. The summed E-state index contributed by atoms with van der Waals surface area (Å²) in [6.45, 7) is 1.24. The van der Waals surface area contributed by atoms with Crippen LogP contribution in [0.2, 0.25) is 0 Å². The molecule has 0 aliphatic rings. The Bertz CT molecular complexity index is 505. The predicted octanol–water partition coefficient (Wildman–Crippen LogP) is -0.545. The third kappa shape index (κ3) is 4.23. The van der Waals surface area contributed by atoms with Crippen molar-refractivity contribution in [3.63, 3.8) is 0 Å². The van der Waals surface area contributed by atoms with E-state index in [1.54, 1.807) is 12.1 Å². The summed E-state index contributed by atoms with van der Waals surface area (Å²) in [4.78, 5) is 23.1. The lowest BCUT2D eigenvalue weighted by Crippen LogP contribution is -2.99. The standard InChI is InChI=1S/C13H18N2O6/c1-8(16)14-11(13(17)21-3)12(20-2)9-6-4-5-7-10(9)15(18)19/h4-7,11-12,15,18H,1-3H3,(H,14,16)/t11-,12+/m1/s1. The summed E-state index contributed by atoms with van der Waals surface area (Å²) in [5.74, 6) is -1.18. The van der Waals surface area contributed by atoms with Crippen molar-refractivity contribution in [2.24, 2.45) is 0 Å². The molecule has 0 fully saturated rings. The van der Waals surface area contributed by atoms with Crippen LogP contribution in [0.25, 0.3) is 0 Å². The van der Waals surface area contributed by atoms with Gasteiger partial charge in [-0.3, -0.25) is 4.79 Å². The van der Waals surface area contributed by atoms with Crippen molar-refractivity contribution in [1.29, 1.82) is 0 Å². The van der Waals surface area contributed by atoms with Crippen LogP contribution in [-0.2, 0) is 19.1 Å². The van der Waals surface area contributed by atoms with Crippen LogP contribution in [0.3, 0.4) is 0 Å². The fourth-order valence-electron chi connectivity index (χ4n) is 1.99. The molecule has 0 heterocycles. The van der Waals surface area contributed by atoms with E-state index in [0.29, 0.717) is 0 Å². The second-order valence-corrected chi connectivity index (χ2v) is 4.25. The van der Waals surface area contributed by atoms with Crippen LogP contribution in [0.1, 0.15) is 18.6 Å². The van der Waals surface area contributed by atoms with Crippen molar-refractivity contribution in [2.75, 3.05) is 14.2 Å². The SMILES string of the molecule is COC(=O)[C@H](NC(C)=O)[C@@H](OC)c1ccccc1[NH+]([O-])O. The minimum atomic E-state index is -1.15. The van der Waals surface area contributed by atoms with Gasteiger partial charge < -0.3 is 20.0 Å². The Kier molecular flexibility index (Phi) is 6.25. The highest BCUT2D eigenvalue weighted by atomic mass is 16.8. The summed E-state index contributed by atoms with van der Waals surface area (Å²) < 4.78 is 9.87. The first-order chi connectivity index (χ1) is 9.92. The monoisotopic (exact) mass is 298 g/mol. The quantitative estimate of drug-likeness (QED) is 0.480. The molecule has 8 nitrogen and oxygen atoms in total. The molecular weight excluding hydrogens is 280 g/mol. The van der Waals surface area contributed by atoms with Gasteiger partial charge >= 0.3 is 5.97 Å². The molecule has 0 aromatic heterocycles. The van der Waals surface area contributed by atoms with E-state index in [2.05, 4.69) is 10.1 Å². The molecule has 3 atom stereocenters. The van der Waals surface area contributed by atoms with E-state index in [9.17, 15) is 20.0 Å².